The summed E-state index contributed by atoms with van der Waals surface area (Å²) in [6, 6.07) is 10.8. The fraction of sp³-hybridized carbons (Fsp3) is 0.304. The molecule has 0 spiro atoms. The highest BCUT2D eigenvalue weighted by molar-refractivity contribution is 5.96. The van der Waals surface area contributed by atoms with Crippen LogP contribution in [0.25, 0.3) is 10.9 Å². The lowest BCUT2D eigenvalue weighted by molar-refractivity contribution is -0.384. The maximum absolute atomic E-state index is 12.8. The molecule has 1 aromatic heterocycles. The topological polar surface area (TPSA) is 134 Å². The Labute approximate surface area is 192 Å². The fourth-order valence-corrected chi connectivity index (χ4v) is 4.15. The lowest BCUT2D eigenvalue weighted by Gasteiger charge is -2.29. The number of rotatable bonds is 6. The molecule has 1 aliphatic rings. The summed E-state index contributed by atoms with van der Waals surface area (Å²) >= 11 is 0. The van der Waals surface area contributed by atoms with Gasteiger partial charge in [0, 0.05) is 30.9 Å². The Balaban J connectivity index is 1.51. The van der Waals surface area contributed by atoms with E-state index in [1.807, 2.05) is 0 Å². The molecule has 176 valence electrons. The zero-order valence-electron chi connectivity index (χ0n) is 18.4. The third-order valence-electron chi connectivity index (χ3n) is 5.79. The molecule has 0 saturated carbocycles. The smallest absolute Gasteiger partial charge is 0.332 e. The van der Waals surface area contributed by atoms with Crippen LogP contribution >= 0.6 is 0 Å². The molecule has 3 aromatic rings. The summed E-state index contributed by atoms with van der Waals surface area (Å²) in [6.07, 6.45) is 1.22. The van der Waals surface area contributed by atoms with Crippen molar-refractivity contribution in [3.8, 4) is 0 Å². The summed E-state index contributed by atoms with van der Waals surface area (Å²) in [5.41, 5.74) is 0.408. The predicted molar refractivity (Wildman–Crippen MR) is 123 cm³/mol. The molecular formula is C23H22N4O7. The SMILES string of the molecule is CCn1c(=O)c2ccccc2n(CC(=O)OCC(=O)N2CCCc3cc([N+](=O)[O-])ccc32)c1=O. The molecule has 11 nitrogen and oxygen atoms in total. The highest BCUT2D eigenvalue weighted by Gasteiger charge is 2.25. The van der Waals surface area contributed by atoms with E-state index < -0.39 is 41.2 Å². The number of non-ortho nitro benzene ring substituents is 1. The van der Waals surface area contributed by atoms with E-state index in [0.29, 0.717) is 41.5 Å². The summed E-state index contributed by atoms with van der Waals surface area (Å²) in [5, 5.41) is 11.3. The molecule has 1 amide bonds. The molecule has 0 radical (unpaired) electrons. The van der Waals surface area contributed by atoms with Gasteiger partial charge in [0.15, 0.2) is 6.61 Å². The summed E-state index contributed by atoms with van der Waals surface area (Å²) < 4.78 is 7.35. The number of carbonyl (C=O) groups excluding carboxylic acids is 2. The number of nitrogens with zero attached hydrogens (tertiary/aromatic N) is 4. The van der Waals surface area contributed by atoms with Gasteiger partial charge in [0.1, 0.15) is 6.54 Å². The molecule has 0 atom stereocenters. The first-order chi connectivity index (χ1) is 16.3. The number of nitro benzene ring substituents is 1. The van der Waals surface area contributed by atoms with Crippen molar-refractivity contribution in [3.63, 3.8) is 0 Å². The van der Waals surface area contributed by atoms with E-state index in [0.717, 1.165) is 9.13 Å². The number of anilines is 1. The van der Waals surface area contributed by atoms with Crippen LogP contribution in [0.5, 0.6) is 0 Å². The first kappa shape index (κ1) is 22.9. The number of aromatic nitrogens is 2. The van der Waals surface area contributed by atoms with E-state index in [-0.39, 0.29) is 12.2 Å². The predicted octanol–water partition coefficient (Wildman–Crippen LogP) is 1.61. The van der Waals surface area contributed by atoms with Gasteiger partial charge in [0.05, 0.1) is 15.8 Å². The van der Waals surface area contributed by atoms with Gasteiger partial charge >= 0.3 is 11.7 Å². The maximum atomic E-state index is 12.8. The standard InChI is InChI=1S/C23H22N4O7/c1-2-24-22(30)17-7-3-4-8-19(17)26(23(24)31)13-21(29)34-14-20(28)25-11-5-6-15-12-16(27(32)33)9-10-18(15)25/h3-4,7-10,12H,2,5-6,11,13-14H2,1H3. The second-order valence-electron chi connectivity index (χ2n) is 7.82. The number of aryl methyl sites for hydroxylation is 1. The molecule has 1 aliphatic heterocycles. The average molecular weight is 466 g/mol. The third kappa shape index (κ3) is 4.19. The highest BCUT2D eigenvalue weighted by Crippen LogP contribution is 2.30. The maximum Gasteiger partial charge on any atom is 0.332 e. The van der Waals surface area contributed by atoms with E-state index >= 15 is 0 Å². The minimum absolute atomic E-state index is 0.0504. The van der Waals surface area contributed by atoms with E-state index in [4.69, 9.17) is 4.74 Å². The molecule has 34 heavy (non-hydrogen) atoms. The molecule has 4 rings (SSSR count). The number of carbonyl (C=O) groups is 2. The third-order valence-corrected chi connectivity index (χ3v) is 5.79. The van der Waals surface area contributed by atoms with Crippen LogP contribution in [0.1, 0.15) is 18.9 Å². The first-order valence-corrected chi connectivity index (χ1v) is 10.8. The molecule has 0 bridgehead atoms. The Kier molecular flexibility index (Phi) is 6.26. The first-order valence-electron chi connectivity index (χ1n) is 10.8. The fourth-order valence-electron chi connectivity index (χ4n) is 4.15. The zero-order valence-corrected chi connectivity index (χ0v) is 18.4. The minimum Gasteiger partial charge on any atom is -0.454 e. The Morgan fingerprint density at radius 3 is 2.62 bits per heavy atom. The molecule has 0 N–H and O–H groups in total. The van der Waals surface area contributed by atoms with Crippen molar-refractivity contribution in [2.24, 2.45) is 0 Å². The molecule has 2 aromatic carbocycles. The lowest BCUT2D eigenvalue weighted by Crippen LogP contribution is -2.41. The van der Waals surface area contributed by atoms with Crippen molar-refractivity contribution in [2.45, 2.75) is 32.9 Å². The normalized spacial score (nSPS) is 12.9. The van der Waals surface area contributed by atoms with Crippen molar-refractivity contribution < 1.29 is 19.2 Å². The second-order valence-corrected chi connectivity index (χ2v) is 7.82. The minimum atomic E-state index is -0.803. The number of ether oxygens (including phenoxy) is 1. The van der Waals surface area contributed by atoms with Gasteiger partial charge in [-0.1, -0.05) is 12.1 Å². The van der Waals surface area contributed by atoms with Crippen molar-refractivity contribution in [1.29, 1.82) is 0 Å². The number of nitro groups is 1. The molecule has 0 aliphatic carbocycles. The number of esters is 1. The number of fused-ring (bicyclic) bond motifs is 2. The van der Waals surface area contributed by atoms with Crippen LogP contribution in [0.2, 0.25) is 0 Å². The quantitative estimate of drug-likeness (QED) is 0.306. The van der Waals surface area contributed by atoms with E-state index in [1.54, 1.807) is 31.2 Å². The molecule has 2 heterocycles. The monoisotopic (exact) mass is 466 g/mol. The van der Waals surface area contributed by atoms with Crippen molar-refractivity contribution in [3.05, 3.63) is 79.0 Å². The van der Waals surface area contributed by atoms with Crippen LogP contribution in [0.3, 0.4) is 0 Å². The largest absolute Gasteiger partial charge is 0.454 e. The van der Waals surface area contributed by atoms with Gasteiger partial charge in [0.2, 0.25) is 0 Å². The number of benzene rings is 2. The van der Waals surface area contributed by atoms with Gasteiger partial charge in [0.25, 0.3) is 17.2 Å². The number of para-hydroxylation sites is 1. The Morgan fingerprint density at radius 2 is 1.88 bits per heavy atom. The summed E-state index contributed by atoms with van der Waals surface area (Å²) in [4.78, 5) is 62.5. The summed E-state index contributed by atoms with van der Waals surface area (Å²) in [5.74, 6) is -1.28. The van der Waals surface area contributed by atoms with Crippen LogP contribution in [-0.4, -0.2) is 39.1 Å². The highest BCUT2D eigenvalue weighted by atomic mass is 16.6. The Bertz CT molecular complexity index is 1420. The van der Waals surface area contributed by atoms with Crippen molar-refractivity contribution in [2.75, 3.05) is 18.1 Å². The van der Waals surface area contributed by atoms with Crippen LogP contribution < -0.4 is 16.1 Å². The number of hydrogen-bond acceptors (Lipinski definition) is 7. The number of amides is 1. The molecule has 0 saturated heterocycles. The second kappa shape index (κ2) is 9.30. The van der Waals surface area contributed by atoms with Crippen LogP contribution in [0.4, 0.5) is 11.4 Å². The van der Waals surface area contributed by atoms with Gasteiger partial charge in [-0.15, -0.1) is 0 Å². The molecule has 11 heteroatoms. The van der Waals surface area contributed by atoms with Gasteiger partial charge < -0.3 is 9.64 Å². The Morgan fingerprint density at radius 1 is 1.12 bits per heavy atom. The molecule has 0 unspecified atom stereocenters. The van der Waals surface area contributed by atoms with Crippen molar-refractivity contribution in [1.82, 2.24) is 9.13 Å². The van der Waals surface area contributed by atoms with E-state index in [9.17, 15) is 29.3 Å². The molecule has 0 fully saturated rings. The Hall–Kier alpha value is -4.28. The zero-order chi connectivity index (χ0) is 24.4. The number of hydrogen-bond donors (Lipinski definition) is 0. The van der Waals surface area contributed by atoms with E-state index in [1.165, 1.54) is 23.1 Å². The lowest BCUT2D eigenvalue weighted by atomic mass is 10.0. The van der Waals surface area contributed by atoms with Gasteiger partial charge in [-0.3, -0.25) is 33.6 Å². The summed E-state index contributed by atoms with van der Waals surface area (Å²) in [7, 11) is 0. The van der Waals surface area contributed by atoms with Crippen LogP contribution in [0, 0.1) is 10.1 Å². The van der Waals surface area contributed by atoms with E-state index in [2.05, 4.69) is 0 Å². The molecular weight excluding hydrogens is 444 g/mol. The van der Waals surface area contributed by atoms with Crippen molar-refractivity contribution >= 4 is 34.2 Å². The van der Waals surface area contributed by atoms with Crippen LogP contribution in [-0.2, 0) is 33.8 Å². The average Bonchev–Trinajstić information content (AvgIpc) is 2.84. The van der Waals surface area contributed by atoms with Crippen LogP contribution in [0.15, 0.2) is 52.1 Å². The van der Waals surface area contributed by atoms with Gasteiger partial charge in [-0.05, 0) is 43.5 Å². The summed E-state index contributed by atoms with van der Waals surface area (Å²) in [6.45, 7) is 1.18. The van der Waals surface area contributed by atoms with Gasteiger partial charge in [-0.25, -0.2) is 4.79 Å². The van der Waals surface area contributed by atoms with Gasteiger partial charge in [-0.2, -0.15) is 0 Å².